The Balaban J connectivity index is 1.43. The molecule has 0 bridgehead atoms. The fourth-order valence-electron chi connectivity index (χ4n) is 6.41. The molecule has 2 heterocycles. The minimum absolute atomic E-state index is 0.00835. The van der Waals surface area contributed by atoms with Gasteiger partial charge in [-0.05, 0) is 49.8 Å². The van der Waals surface area contributed by atoms with E-state index in [1.807, 2.05) is 25.1 Å². The molecule has 5 atom stereocenters. The molecular formula is C30H45ClN4O7. The number of aliphatic hydroxyl groups excluding tert-OH is 1. The number of aliphatic hydroxyl groups is 1. The molecule has 1 aromatic carbocycles. The topological polar surface area (TPSA) is 130 Å². The second-order valence-electron chi connectivity index (χ2n) is 11.5. The summed E-state index contributed by atoms with van der Waals surface area (Å²) >= 11 is 6.31. The van der Waals surface area contributed by atoms with Gasteiger partial charge < -0.3 is 34.9 Å². The predicted molar refractivity (Wildman–Crippen MR) is 157 cm³/mol. The van der Waals surface area contributed by atoms with Crippen LogP contribution in [0.4, 0.5) is 14.4 Å². The van der Waals surface area contributed by atoms with E-state index in [9.17, 15) is 19.5 Å². The molecule has 4 rings (SSSR count). The highest BCUT2D eigenvalue weighted by Gasteiger charge is 2.46. The van der Waals surface area contributed by atoms with E-state index < -0.39 is 30.6 Å². The first-order valence-electron chi connectivity index (χ1n) is 15.2. The average molecular weight is 609 g/mol. The first kappa shape index (κ1) is 32.2. The molecule has 3 N–H and O–H groups in total. The van der Waals surface area contributed by atoms with Crippen molar-refractivity contribution < 1.29 is 33.7 Å². The van der Waals surface area contributed by atoms with Crippen LogP contribution in [-0.2, 0) is 14.2 Å². The van der Waals surface area contributed by atoms with Crippen LogP contribution in [0.5, 0.6) is 0 Å². The Kier molecular flexibility index (Phi) is 12.0. The molecule has 2 unspecified atom stereocenters. The van der Waals surface area contributed by atoms with Crippen LogP contribution >= 0.6 is 11.6 Å². The molecule has 1 saturated carbocycles. The molecule has 1 aromatic rings. The van der Waals surface area contributed by atoms with Gasteiger partial charge in [0.1, 0.15) is 6.10 Å². The monoisotopic (exact) mass is 608 g/mol. The number of halogens is 1. The number of nitrogens with one attached hydrogen (secondary N) is 2. The summed E-state index contributed by atoms with van der Waals surface area (Å²) in [6.45, 7) is 3.85. The number of carbonyl (C=O) groups is 3. The molecule has 3 fully saturated rings. The molecule has 0 radical (unpaired) electrons. The lowest BCUT2D eigenvalue weighted by molar-refractivity contribution is -0.158. The molecule has 2 aliphatic heterocycles. The average Bonchev–Trinajstić information content (AvgIpc) is 2.99. The molecule has 4 amide bonds. The van der Waals surface area contributed by atoms with Crippen LogP contribution in [0.15, 0.2) is 24.3 Å². The molecule has 12 heteroatoms. The Morgan fingerprint density at radius 3 is 2.67 bits per heavy atom. The second kappa shape index (κ2) is 15.6. The molecule has 1 aliphatic carbocycles. The maximum atomic E-state index is 13.7. The summed E-state index contributed by atoms with van der Waals surface area (Å²) in [6.07, 6.45) is 4.82. The van der Waals surface area contributed by atoms with Crippen LogP contribution in [0.2, 0.25) is 5.02 Å². The molecular weight excluding hydrogens is 564 g/mol. The summed E-state index contributed by atoms with van der Waals surface area (Å²) in [7, 11) is 1.31. The number of carbonyl (C=O) groups excluding carboxylic acids is 3. The fraction of sp³-hybridized carbons (Fsp3) is 0.700. The summed E-state index contributed by atoms with van der Waals surface area (Å²) in [5.41, 5.74) is 0.907. The van der Waals surface area contributed by atoms with Crippen molar-refractivity contribution in [3.05, 3.63) is 34.9 Å². The number of alkyl carbamates (subject to hydrolysis) is 1. The van der Waals surface area contributed by atoms with Gasteiger partial charge in [0.05, 0.1) is 25.9 Å². The van der Waals surface area contributed by atoms with Crippen molar-refractivity contribution in [1.82, 2.24) is 20.4 Å². The Morgan fingerprint density at radius 2 is 1.98 bits per heavy atom. The van der Waals surface area contributed by atoms with Crippen molar-refractivity contribution in [3.63, 3.8) is 0 Å². The number of methoxy groups -OCH3 is 1. The second-order valence-corrected chi connectivity index (χ2v) is 11.9. The standard InChI is InChI=1S/C30H45ClN4O7/c1-3-35-27(42-30(35)39)25(36)24(17-20-9-5-4-6-10-20)33-28(37)34-15-8-12-22(19-34)26(21-11-7-13-23(31)18-21)41-16-14-32-29(38)40-2/h7,11,13,18,20,22,24-27,36H,3-6,8-10,12,14-17,19H2,1-2H3,(H,32,38)(H,33,37)/t22?,24-,25+,26?,27+/m0/s1. The number of cyclic esters (lactones) is 1. The summed E-state index contributed by atoms with van der Waals surface area (Å²) in [4.78, 5) is 40.3. The number of hydrogen-bond donors (Lipinski definition) is 3. The summed E-state index contributed by atoms with van der Waals surface area (Å²) in [5.74, 6) is 0.392. The Morgan fingerprint density at radius 1 is 1.19 bits per heavy atom. The third kappa shape index (κ3) is 8.41. The van der Waals surface area contributed by atoms with Crippen molar-refractivity contribution >= 4 is 29.8 Å². The van der Waals surface area contributed by atoms with Gasteiger partial charge in [0.25, 0.3) is 0 Å². The van der Waals surface area contributed by atoms with Crippen LogP contribution in [0.25, 0.3) is 0 Å². The molecule has 2 saturated heterocycles. The van der Waals surface area contributed by atoms with Crippen LogP contribution in [0.3, 0.4) is 0 Å². The number of rotatable bonds is 12. The number of piperidine rings is 1. The Labute approximate surface area is 253 Å². The minimum atomic E-state index is -1.03. The van der Waals surface area contributed by atoms with Gasteiger partial charge in [-0.3, -0.25) is 4.90 Å². The van der Waals surface area contributed by atoms with Crippen LogP contribution in [0.1, 0.15) is 70.0 Å². The number of likely N-dealkylation sites (N-methyl/N-ethyl adjacent to an activating group) is 1. The predicted octanol–water partition coefficient (Wildman–Crippen LogP) is 4.67. The summed E-state index contributed by atoms with van der Waals surface area (Å²) in [6, 6.07) is 6.72. The lowest BCUT2D eigenvalue weighted by atomic mass is 9.83. The zero-order chi connectivity index (χ0) is 30.1. The molecule has 0 spiro atoms. The van der Waals surface area contributed by atoms with E-state index in [1.165, 1.54) is 18.4 Å². The van der Waals surface area contributed by atoms with Crippen molar-refractivity contribution in [2.45, 2.75) is 82.8 Å². The van der Waals surface area contributed by atoms with E-state index in [2.05, 4.69) is 15.4 Å². The van der Waals surface area contributed by atoms with Crippen molar-refractivity contribution in [2.75, 3.05) is 39.9 Å². The molecule has 234 valence electrons. The quantitative estimate of drug-likeness (QED) is 0.294. The summed E-state index contributed by atoms with van der Waals surface area (Å²) < 4.78 is 16.2. The van der Waals surface area contributed by atoms with Gasteiger partial charge in [0, 0.05) is 37.1 Å². The van der Waals surface area contributed by atoms with Crippen LogP contribution in [0, 0.1) is 11.8 Å². The number of nitrogens with zero attached hydrogens (tertiary/aromatic N) is 2. The first-order valence-corrected chi connectivity index (χ1v) is 15.6. The lowest BCUT2D eigenvalue weighted by Crippen LogP contribution is -2.65. The van der Waals surface area contributed by atoms with Crippen molar-refractivity contribution in [2.24, 2.45) is 11.8 Å². The zero-order valence-electron chi connectivity index (χ0n) is 24.6. The number of urea groups is 1. The van der Waals surface area contributed by atoms with Crippen LogP contribution < -0.4 is 10.6 Å². The number of ether oxygens (including phenoxy) is 3. The number of benzene rings is 1. The van der Waals surface area contributed by atoms with E-state index in [0.29, 0.717) is 37.0 Å². The third-order valence-corrected chi connectivity index (χ3v) is 8.87. The van der Waals surface area contributed by atoms with Gasteiger partial charge >= 0.3 is 18.2 Å². The summed E-state index contributed by atoms with van der Waals surface area (Å²) in [5, 5.41) is 17.6. The van der Waals surface area contributed by atoms with Gasteiger partial charge in [-0.25, -0.2) is 14.4 Å². The largest absolute Gasteiger partial charge is 0.453 e. The van der Waals surface area contributed by atoms with Gasteiger partial charge in [-0.15, -0.1) is 0 Å². The fourth-order valence-corrected chi connectivity index (χ4v) is 6.61. The number of likely N-dealkylation sites (tertiary alicyclic amines) is 1. The highest BCUT2D eigenvalue weighted by atomic mass is 35.5. The molecule has 11 nitrogen and oxygen atoms in total. The normalized spacial score (nSPS) is 23.3. The maximum Gasteiger partial charge on any atom is 0.414 e. The van der Waals surface area contributed by atoms with Crippen LogP contribution in [-0.4, -0.2) is 91.4 Å². The highest BCUT2D eigenvalue weighted by molar-refractivity contribution is 6.30. The van der Waals surface area contributed by atoms with E-state index in [1.54, 1.807) is 11.0 Å². The minimum Gasteiger partial charge on any atom is -0.453 e. The molecule has 3 aliphatic rings. The zero-order valence-corrected chi connectivity index (χ0v) is 25.4. The molecule has 0 aromatic heterocycles. The van der Waals surface area contributed by atoms with Gasteiger partial charge in [-0.1, -0.05) is 55.8 Å². The Bertz CT molecular complexity index is 1060. The lowest BCUT2D eigenvalue weighted by Gasteiger charge is -2.44. The van der Waals surface area contributed by atoms with Gasteiger partial charge in [-0.2, -0.15) is 0 Å². The first-order chi connectivity index (χ1) is 20.3. The Hall–Kier alpha value is -2.76. The van der Waals surface area contributed by atoms with Gasteiger partial charge in [0.2, 0.25) is 6.23 Å². The number of hydrogen-bond acceptors (Lipinski definition) is 7. The highest BCUT2D eigenvalue weighted by Crippen LogP contribution is 2.35. The van der Waals surface area contributed by atoms with E-state index >= 15 is 0 Å². The van der Waals surface area contributed by atoms with Gasteiger partial charge in [0.15, 0.2) is 0 Å². The smallest absolute Gasteiger partial charge is 0.414 e. The third-order valence-electron chi connectivity index (χ3n) is 8.63. The van der Waals surface area contributed by atoms with E-state index in [-0.39, 0.29) is 31.2 Å². The van der Waals surface area contributed by atoms with E-state index in [0.717, 1.165) is 44.1 Å². The van der Waals surface area contributed by atoms with Crippen molar-refractivity contribution in [3.8, 4) is 0 Å². The number of amides is 4. The maximum absolute atomic E-state index is 13.7. The molecule has 42 heavy (non-hydrogen) atoms. The van der Waals surface area contributed by atoms with Crippen molar-refractivity contribution in [1.29, 1.82) is 0 Å². The van der Waals surface area contributed by atoms with E-state index in [4.69, 9.17) is 21.1 Å². The SMILES string of the molecule is CCN1C(=O)O[C@@H]1[C@H](O)[C@H](CC1CCCCC1)NC(=O)N1CCCC(C(OCCNC(=O)OC)c2cccc(Cl)c2)C1.